The molecule has 0 radical (unpaired) electrons. The molecule has 0 fully saturated rings. The molecule has 0 aliphatic heterocycles. The summed E-state index contributed by atoms with van der Waals surface area (Å²) in [4.78, 5) is 17.6. The second-order valence-electron chi connectivity index (χ2n) is 6.16. The maximum atomic E-state index is 10.9. The summed E-state index contributed by atoms with van der Waals surface area (Å²) in [6.07, 6.45) is 2.73. The molecule has 0 saturated carbocycles. The van der Waals surface area contributed by atoms with Crippen molar-refractivity contribution in [2.75, 3.05) is 13.7 Å². The van der Waals surface area contributed by atoms with E-state index < -0.39 is 5.91 Å². The molecule has 2 aromatic rings. The Bertz CT molecular complexity index is 688. The fourth-order valence-electron chi connectivity index (χ4n) is 2.52. The van der Waals surface area contributed by atoms with Crippen LogP contribution in [-0.2, 0) is 17.8 Å². The van der Waals surface area contributed by atoms with Gasteiger partial charge >= 0.3 is 0 Å². The first-order valence-electron chi connectivity index (χ1n) is 8.06. The Morgan fingerprint density at radius 3 is 2.79 bits per heavy atom. The zero-order valence-corrected chi connectivity index (χ0v) is 14.5. The lowest BCUT2D eigenvalue weighted by Crippen LogP contribution is -2.31. The van der Waals surface area contributed by atoms with Crippen LogP contribution in [0.15, 0.2) is 42.6 Å². The van der Waals surface area contributed by atoms with Gasteiger partial charge in [-0.05, 0) is 44.7 Å². The molecule has 0 saturated heterocycles. The van der Waals surface area contributed by atoms with Gasteiger partial charge in [-0.15, -0.1) is 0 Å². The molecule has 1 amide bonds. The molecule has 1 atom stereocenters. The maximum absolute atomic E-state index is 10.9. The average Bonchev–Trinajstić information content (AvgIpc) is 2.54. The Hall–Kier alpha value is -2.40. The molecule has 1 aromatic heterocycles. The van der Waals surface area contributed by atoms with Crippen LogP contribution < -0.4 is 10.5 Å². The summed E-state index contributed by atoms with van der Waals surface area (Å²) < 4.78 is 5.50. The van der Waals surface area contributed by atoms with E-state index in [0.717, 1.165) is 24.2 Å². The quantitative estimate of drug-likeness (QED) is 0.808. The van der Waals surface area contributed by atoms with E-state index in [1.54, 1.807) is 0 Å². The molecule has 128 valence electrons. The Morgan fingerprint density at radius 2 is 2.08 bits per heavy atom. The first-order chi connectivity index (χ1) is 11.5. The minimum atomic E-state index is -0.475. The van der Waals surface area contributed by atoms with Gasteiger partial charge in [0, 0.05) is 36.5 Å². The normalized spacial score (nSPS) is 12.2. The van der Waals surface area contributed by atoms with Crippen LogP contribution in [0.3, 0.4) is 0 Å². The van der Waals surface area contributed by atoms with Crippen molar-refractivity contribution in [3.05, 3.63) is 59.4 Å². The summed E-state index contributed by atoms with van der Waals surface area (Å²) in [7, 11) is 2.07. The lowest BCUT2D eigenvalue weighted by atomic mass is 10.1. The van der Waals surface area contributed by atoms with Crippen molar-refractivity contribution >= 4 is 5.91 Å². The minimum Gasteiger partial charge on any atom is -0.483 e. The predicted molar refractivity (Wildman–Crippen MR) is 94.7 cm³/mol. The summed E-state index contributed by atoms with van der Waals surface area (Å²) in [6, 6.07) is 12.2. The smallest absolute Gasteiger partial charge is 0.255 e. The monoisotopic (exact) mass is 327 g/mol. The number of rotatable bonds is 8. The number of amides is 1. The van der Waals surface area contributed by atoms with Gasteiger partial charge in [0.05, 0.1) is 0 Å². The lowest BCUT2D eigenvalue weighted by molar-refractivity contribution is -0.119. The summed E-state index contributed by atoms with van der Waals surface area (Å²) >= 11 is 0. The Kier molecular flexibility index (Phi) is 6.32. The number of benzene rings is 1. The zero-order chi connectivity index (χ0) is 17.5. The van der Waals surface area contributed by atoms with Crippen LogP contribution >= 0.6 is 0 Å². The molecule has 5 heteroatoms. The molecule has 2 rings (SSSR count). The summed E-state index contributed by atoms with van der Waals surface area (Å²) in [5.41, 5.74) is 8.50. The van der Waals surface area contributed by atoms with Crippen molar-refractivity contribution in [3.8, 4) is 5.75 Å². The van der Waals surface area contributed by atoms with E-state index in [1.807, 2.05) is 36.5 Å². The number of hydrogen-bond acceptors (Lipinski definition) is 4. The van der Waals surface area contributed by atoms with Crippen LogP contribution in [-0.4, -0.2) is 35.5 Å². The first-order valence-corrected chi connectivity index (χ1v) is 8.06. The number of carbonyl (C=O) groups is 1. The topological polar surface area (TPSA) is 68.5 Å². The number of carbonyl (C=O) groups excluding carboxylic acids is 1. The van der Waals surface area contributed by atoms with Crippen LogP contribution in [0.25, 0.3) is 0 Å². The largest absolute Gasteiger partial charge is 0.483 e. The third-order valence-corrected chi connectivity index (χ3v) is 3.99. The molecule has 0 spiro atoms. The fourth-order valence-corrected chi connectivity index (χ4v) is 2.52. The molecule has 0 aliphatic rings. The third-order valence-electron chi connectivity index (χ3n) is 3.99. The summed E-state index contributed by atoms with van der Waals surface area (Å²) in [5.74, 6) is 0.223. The van der Waals surface area contributed by atoms with Gasteiger partial charge < -0.3 is 10.5 Å². The number of pyridine rings is 1. The highest BCUT2D eigenvalue weighted by Gasteiger charge is 2.14. The number of para-hydroxylation sites is 1. The van der Waals surface area contributed by atoms with E-state index in [9.17, 15) is 4.79 Å². The van der Waals surface area contributed by atoms with Crippen LogP contribution in [0, 0.1) is 6.92 Å². The molecule has 2 N–H and O–H groups in total. The first kappa shape index (κ1) is 17.9. The minimum absolute atomic E-state index is 0.108. The van der Waals surface area contributed by atoms with E-state index in [0.29, 0.717) is 11.8 Å². The number of ether oxygens (including phenoxy) is 1. The van der Waals surface area contributed by atoms with Gasteiger partial charge in [-0.2, -0.15) is 0 Å². The van der Waals surface area contributed by atoms with Crippen LogP contribution in [0.2, 0.25) is 0 Å². The van der Waals surface area contributed by atoms with Gasteiger partial charge in [0.25, 0.3) is 5.91 Å². The number of likely N-dealkylation sites (N-methyl/N-ethyl adjacent to an activating group) is 1. The van der Waals surface area contributed by atoms with Crippen molar-refractivity contribution in [2.45, 2.75) is 32.9 Å². The number of nitrogens with two attached hydrogens (primary N) is 1. The number of nitrogens with zero attached hydrogens (tertiary/aromatic N) is 2. The van der Waals surface area contributed by atoms with Crippen molar-refractivity contribution in [1.29, 1.82) is 0 Å². The van der Waals surface area contributed by atoms with Crippen LogP contribution in [0.1, 0.15) is 23.7 Å². The van der Waals surface area contributed by atoms with Gasteiger partial charge in [-0.3, -0.25) is 14.7 Å². The van der Waals surface area contributed by atoms with E-state index in [2.05, 4.69) is 36.8 Å². The second kappa shape index (κ2) is 8.45. The van der Waals surface area contributed by atoms with Gasteiger partial charge in [0.1, 0.15) is 5.75 Å². The van der Waals surface area contributed by atoms with Crippen molar-refractivity contribution in [1.82, 2.24) is 9.88 Å². The standard InChI is InChI=1S/C19H25N3O2/c1-14-8-9-21-17(10-14)11-15(2)22(3)12-16-6-4-5-7-18(16)24-13-19(20)23/h4-10,15H,11-13H2,1-3H3,(H2,20,23)/t15-/m1/s1. The molecule has 5 nitrogen and oxygen atoms in total. The van der Waals surface area contributed by atoms with E-state index in [4.69, 9.17) is 10.5 Å². The molecular weight excluding hydrogens is 302 g/mol. The number of hydrogen-bond donors (Lipinski definition) is 1. The van der Waals surface area contributed by atoms with Crippen LogP contribution in [0.5, 0.6) is 5.75 Å². The number of primary amides is 1. The van der Waals surface area contributed by atoms with Gasteiger partial charge in [0.15, 0.2) is 6.61 Å². The number of aromatic nitrogens is 1. The lowest BCUT2D eigenvalue weighted by Gasteiger charge is -2.25. The Morgan fingerprint density at radius 1 is 1.33 bits per heavy atom. The third kappa shape index (κ3) is 5.35. The van der Waals surface area contributed by atoms with E-state index >= 15 is 0 Å². The highest BCUT2D eigenvalue weighted by Crippen LogP contribution is 2.20. The van der Waals surface area contributed by atoms with Crippen molar-refractivity contribution in [3.63, 3.8) is 0 Å². The maximum Gasteiger partial charge on any atom is 0.255 e. The highest BCUT2D eigenvalue weighted by atomic mass is 16.5. The second-order valence-corrected chi connectivity index (χ2v) is 6.16. The summed E-state index contributed by atoms with van der Waals surface area (Å²) in [6.45, 7) is 4.87. The van der Waals surface area contributed by atoms with Gasteiger partial charge in [-0.1, -0.05) is 18.2 Å². The summed E-state index contributed by atoms with van der Waals surface area (Å²) in [5, 5.41) is 0. The van der Waals surface area contributed by atoms with E-state index in [1.165, 1.54) is 5.56 Å². The van der Waals surface area contributed by atoms with Crippen LogP contribution in [0.4, 0.5) is 0 Å². The molecule has 1 aromatic carbocycles. The highest BCUT2D eigenvalue weighted by molar-refractivity contribution is 5.75. The van der Waals surface area contributed by atoms with Gasteiger partial charge in [0.2, 0.25) is 0 Å². The Labute approximate surface area is 143 Å². The molecular formula is C19H25N3O2. The van der Waals surface area contributed by atoms with E-state index in [-0.39, 0.29) is 6.61 Å². The average molecular weight is 327 g/mol. The SMILES string of the molecule is Cc1ccnc(C[C@@H](C)N(C)Cc2ccccc2OCC(N)=O)c1. The van der Waals surface area contributed by atoms with Crippen molar-refractivity contribution in [2.24, 2.45) is 5.73 Å². The van der Waals surface area contributed by atoms with Gasteiger partial charge in [-0.25, -0.2) is 0 Å². The molecule has 0 aliphatic carbocycles. The molecule has 1 heterocycles. The Balaban J connectivity index is 2.00. The predicted octanol–water partition coefficient (Wildman–Crippen LogP) is 2.32. The fraction of sp³-hybridized carbons (Fsp3) is 0.368. The molecule has 0 unspecified atom stereocenters. The number of aryl methyl sites for hydroxylation is 1. The molecule has 0 bridgehead atoms. The zero-order valence-electron chi connectivity index (χ0n) is 14.5. The van der Waals surface area contributed by atoms with Crippen molar-refractivity contribution < 1.29 is 9.53 Å². The molecule has 24 heavy (non-hydrogen) atoms.